The van der Waals surface area contributed by atoms with Gasteiger partial charge < -0.3 is 4.90 Å². The quantitative estimate of drug-likeness (QED) is 0.741. The first-order chi connectivity index (χ1) is 8.19. The Kier molecular flexibility index (Phi) is 3.86. The first-order valence-corrected chi connectivity index (χ1v) is 5.83. The Bertz CT molecular complexity index is 400. The van der Waals surface area contributed by atoms with Crippen molar-refractivity contribution in [2.45, 2.75) is 6.54 Å². The van der Waals surface area contributed by atoms with Gasteiger partial charge in [-0.15, -0.1) is 0 Å². The van der Waals surface area contributed by atoms with E-state index < -0.39 is 0 Å². The van der Waals surface area contributed by atoms with E-state index >= 15 is 0 Å². The smallest absolute Gasteiger partial charge is 0.150 e. The number of nitrogens with zero attached hydrogens (tertiary/aromatic N) is 2. The van der Waals surface area contributed by atoms with E-state index in [2.05, 4.69) is 16.8 Å². The van der Waals surface area contributed by atoms with Crippen LogP contribution in [0.1, 0.15) is 15.9 Å². The Morgan fingerprint density at radius 3 is 2.65 bits per heavy atom. The number of carbonyl (C=O) groups excluding carboxylic acids is 1. The van der Waals surface area contributed by atoms with Crippen LogP contribution in [0.25, 0.3) is 0 Å². The van der Waals surface area contributed by atoms with Crippen LogP contribution >= 0.6 is 0 Å². The zero-order chi connectivity index (χ0) is 12.3. The van der Waals surface area contributed by atoms with Crippen LogP contribution in [0.3, 0.4) is 0 Å². The summed E-state index contributed by atoms with van der Waals surface area (Å²) in [5.41, 5.74) is 1.15. The minimum absolute atomic E-state index is 0.227. The number of carbonyl (C=O) groups is 1. The summed E-state index contributed by atoms with van der Waals surface area (Å²) in [6, 6.07) is 4.52. The molecule has 1 aliphatic heterocycles. The molecule has 0 saturated carbocycles. The number of rotatable bonds is 3. The van der Waals surface area contributed by atoms with Crippen LogP contribution in [-0.2, 0) is 6.54 Å². The molecule has 0 unspecified atom stereocenters. The molecule has 92 valence electrons. The van der Waals surface area contributed by atoms with E-state index in [4.69, 9.17) is 0 Å². The standard InChI is InChI=1S/C13H17FN2O/c1-15-4-6-16(7-5-15)9-12-8-11(10-17)2-3-13(12)14/h2-3,8,10H,4-7,9H2,1H3. The summed E-state index contributed by atoms with van der Waals surface area (Å²) >= 11 is 0. The molecule has 0 spiro atoms. The predicted octanol–water partition coefficient (Wildman–Crippen LogP) is 1.39. The molecule has 0 amide bonds. The molecule has 3 nitrogen and oxygen atoms in total. The van der Waals surface area contributed by atoms with Gasteiger partial charge in [-0.1, -0.05) is 0 Å². The Balaban J connectivity index is 2.05. The lowest BCUT2D eigenvalue weighted by Crippen LogP contribution is -2.44. The Morgan fingerprint density at radius 1 is 1.29 bits per heavy atom. The minimum Gasteiger partial charge on any atom is -0.304 e. The van der Waals surface area contributed by atoms with Gasteiger partial charge in [-0.25, -0.2) is 4.39 Å². The minimum atomic E-state index is -0.227. The van der Waals surface area contributed by atoms with Crippen LogP contribution in [0.5, 0.6) is 0 Å². The molecule has 17 heavy (non-hydrogen) atoms. The molecule has 0 aromatic heterocycles. The van der Waals surface area contributed by atoms with Crippen LogP contribution in [0.2, 0.25) is 0 Å². The number of aldehydes is 1. The molecule has 1 fully saturated rings. The second-order valence-corrected chi connectivity index (χ2v) is 4.55. The topological polar surface area (TPSA) is 23.6 Å². The largest absolute Gasteiger partial charge is 0.304 e. The van der Waals surface area contributed by atoms with Gasteiger partial charge in [0.2, 0.25) is 0 Å². The first-order valence-electron chi connectivity index (χ1n) is 5.83. The van der Waals surface area contributed by atoms with Crippen molar-refractivity contribution in [2.75, 3.05) is 33.2 Å². The molecule has 1 aromatic carbocycles. The van der Waals surface area contributed by atoms with E-state index in [0.717, 1.165) is 32.5 Å². The zero-order valence-corrected chi connectivity index (χ0v) is 10.0. The molecule has 0 N–H and O–H groups in total. The summed E-state index contributed by atoms with van der Waals surface area (Å²) in [7, 11) is 2.09. The second-order valence-electron chi connectivity index (χ2n) is 4.55. The predicted molar refractivity (Wildman–Crippen MR) is 64.6 cm³/mol. The van der Waals surface area contributed by atoms with Crippen molar-refractivity contribution in [3.63, 3.8) is 0 Å². The van der Waals surface area contributed by atoms with Gasteiger partial charge in [0.25, 0.3) is 0 Å². The van der Waals surface area contributed by atoms with E-state index in [9.17, 15) is 9.18 Å². The second kappa shape index (κ2) is 5.38. The maximum Gasteiger partial charge on any atom is 0.150 e. The molecule has 2 rings (SSSR count). The number of benzene rings is 1. The third-order valence-electron chi connectivity index (χ3n) is 3.20. The molecular formula is C13H17FN2O. The van der Waals surface area contributed by atoms with Gasteiger partial charge in [0.1, 0.15) is 12.1 Å². The average Bonchev–Trinajstić information content (AvgIpc) is 2.35. The lowest BCUT2D eigenvalue weighted by Gasteiger charge is -2.32. The average molecular weight is 236 g/mol. The van der Waals surface area contributed by atoms with Gasteiger partial charge in [0.05, 0.1) is 0 Å². The van der Waals surface area contributed by atoms with E-state index in [1.165, 1.54) is 12.1 Å². The molecule has 1 aromatic rings. The third kappa shape index (κ3) is 3.11. The molecule has 4 heteroatoms. The van der Waals surface area contributed by atoms with Crippen LogP contribution in [-0.4, -0.2) is 49.3 Å². The summed E-state index contributed by atoms with van der Waals surface area (Å²) < 4.78 is 13.6. The number of likely N-dealkylation sites (N-methyl/N-ethyl adjacent to an activating group) is 1. The van der Waals surface area contributed by atoms with Crippen molar-refractivity contribution < 1.29 is 9.18 Å². The zero-order valence-electron chi connectivity index (χ0n) is 10.0. The van der Waals surface area contributed by atoms with Gasteiger partial charge in [-0.2, -0.15) is 0 Å². The number of hydrogen-bond acceptors (Lipinski definition) is 3. The Morgan fingerprint density at radius 2 is 2.00 bits per heavy atom. The number of hydrogen-bond donors (Lipinski definition) is 0. The van der Waals surface area contributed by atoms with Gasteiger partial charge in [-0.05, 0) is 25.2 Å². The van der Waals surface area contributed by atoms with Gasteiger partial charge >= 0.3 is 0 Å². The van der Waals surface area contributed by atoms with E-state index in [0.29, 0.717) is 17.7 Å². The third-order valence-corrected chi connectivity index (χ3v) is 3.20. The highest BCUT2D eigenvalue weighted by molar-refractivity contribution is 5.74. The SMILES string of the molecule is CN1CCN(Cc2cc(C=O)ccc2F)CC1. The van der Waals surface area contributed by atoms with Crippen LogP contribution in [0.4, 0.5) is 4.39 Å². The molecule has 1 aliphatic rings. The molecule has 0 atom stereocenters. The first kappa shape index (κ1) is 12.2. The van der Waals surface area contributed by atoms with Crippen molar-refractivity contribution in [2.24, 2.45) is 0 Å². The normalized spacial score (nSPS) is 18.2. The van der Waals surface area contributed by atoms with Gasteiger partial charge in [-0.3, -0.25) is 9.69 Å². The highest BCUT2D eigenvalue weighted by Gasteiger charge is 2.15. The summed E-state index contributed by atoms with van der Waals surface area (Å²) in [4.78, 5) is 15.1. The van der Waals surface area contributed by atoms with Crippen molar-refractivity contribution >= 4 is 6.29 Å². The van der Waals surface area contributed by atoms with Crippen molar-refractivity contribution in [1.29, 1.82) is 0 Å². The Hall–Kier alpha value is -1.26. The maximum atomic E-state index is 13.6. The summed E-state index contributed by atoms with van der Waals surface area (Å²) in [5, 5.41) is 0. The highest BCUT2D eigenvalue weighted by atomic mass is 19.1. The van der Waals surface area contributed by atoms with Gasteiger partial charge in [0.15, 0.2) is 0 Å². The van der Waals surface area contributed by atoms with Crippen LogP contribution < -0.4 is 0 Å². The fourth-order valence-electron chi connectivity index (χ4n) is 2.04. The van der Waals surface area contributed by atoms with Crippen molar-refractivity contribution in [1.82, 2.24) is 9.80 Å². The summed E-state index contributed by atoms with van der Waals surface area (Å²) in [6.07, 6.45) is 0.757. The molecule has 0 radical (unpaired) electrons. The Labute approximate surface area is 101 Å². The summed E-state index contributed by atoms with van der Waals surface area (Å²) in [6.45, 7) is 4.49. The van der Waals surface area contributed by atoms with Crippen LogP contribution in [0, 0.1) is 5.82 Å². The lowest BCUT2D eigenvalue weighted by molar-refractivity contribution is 0.112. The molecule has 0 aliphatic carbocycles. The van der Waals surface area contributed by atoms with Crippen molar-refractivity contribution in [3.8, 4) is 0 Å². The van der Waals surface area contributed by atoms with Crippen molar-refractivity contribution in [3.05, 3.63) is 35.1 Å². The number of halogens is 1. The molecule has 0 bridgehead atoms. The summed E-state index contributed by atoms with van der Waals surface area (Å²) in [5.74, 6) is -0.227. The molecule has 1 heterocycles. The fraction of sp³-hybridized carbons (Fsp3) is 0.462. The molecular weight excluding hydrogens is 219 g/mol. The molecule has 1 saturated heterocycles. The monoisotopic (exact) mass is 236 g/mol. The van der Waals surface area contributed by atoms with Crippen LogP contribution in [0.15, 0.2) is 18.2 Å². The van der Waals surface area contributed by atoms with Gasteiger partial charge in [0, 0.05) is 43.9 Å². The van der Waals surface area contributed by atoms with E-state index in [-0.39, 0.29) is 5.82 Å². The van der Waals surface area contributed by atoms with E-state index in [1.807, 2.05) is 0 Å². The lowest BCUT2D eigenvalue weighted by atomic mass is 10.1. The highest BCUT2D eigenvalue weighted by Crippen LogP contribution is 2.13. The fourth-order valence-corrected chi connectivity index (χ4v) is 2.04. The number of piperazine rings is 1. The van der Waals surface area contributed by atoms with E-state index in [1.54, 1.807) is 6.07 Å². The maximum absolute atomic E-state index is 13.6.